The Kier molecular flexibility index (Phi) is 4.28. The molecule has 1 amide bonds. The van der Waals surface area contributed by atoms with Gasteiger partial charge in [0.1, 0.15) is 0 Å². The molecule has 1 aliphatic heterocycles. The van der Waals surface area contributed by atoms with Gasteiger partial charge in [0, 0.05) is 28.9 Å². The first kappa shape index (κ1) is 12.6. The fourth-order valence-electron chi connectivity index (χ4n) is 2.03. The molecule has 1 N–H and O–H groups in total. The molecule has 3 atom stereocenters. The van der Waals surface area contributed by atoms with E-state index >= 15 is 0 Å². The second kappa shape index (κ2) is 5.07. The summed E-state index contributed by atoms with van der Waals surface area (Å²) in [4.78, 5) is 13.5. The molecular formula is C10H20N2O2S. The largest absolute Gasteiger partial charge is 0.322 e. The number of carbonyl (C=O) groups is 1. The van der Waals surface area contributed by atoms with Crippen molar-refractivity contribution in [3.8, 4) is 0 Å². The van der Waals surface area contributed by atoms with Crippen LogP contribution >= 0.6 is 0 Å². The van der Waals surface area contributed by atoms with Crippen LogP contribution in [-0.2, 0) is 15.6 Å². The fourth-order valence-corrected chi connectivity index (χ4v) is 2.87. The van der Waals surface area contributed by atoms with Crippen LogP contribution in [0, 0.1) is 5.92 Å². The van der Waals surface area contributed by atoms with Gasteiger partial charge in [-0.15, -0.1) is 0 Å². The topological polar surface area (TPSA) is 49.4 Å². The predicted octanol–water partition coefficient (Wildman–Crippen LogP) is 0.167. The zero-order valence-electron chi connectivity index (χ0n) is 9.82. The first-order valence-corrected chi connectivity index (χ1v) is 7.00. The molecule has 1 heterocycles. The molecule has 0 aliphatic carbocycles. The highest BCUT2D eigenvalue weighted by atomic mass is 32.2. The van der Waals surface area contributed by atoms with Gasteiger partial charge in [-0.1, -0.05) is 13.8 Å². The summed E-state index contributed by atoms with van der Waals surface area (Å²) in [5, 5.41) is 3.19. The molecule has 1 saturated heterocycles. The maximum atomic E-state index is 11.7. The molecule has 0 aromatic carbocycles. The van der Waals surface area contributed by atoms with Gasteiger partial charge in [0.15, 0.2) is 0 Å². The van der Waals surface area contributed by atoms with Crippen LogP contribution in [0.4, 0.5) is 0 Å². The zero-order chi connectivity index (χ0) is 11.6. The molecule has 0 aromatic rings. The standard InChI is InChI=1S/C10H20N2O2S/c1-7(2)10-11-5-9(13)12(10)8(3)6-15(4)14/h7-8,10-11H,5-6H2,1-4H3. The Hall–Kier alpha value is -0.420. The predicted molar refractivity (Wildman–Crippen MR) is 61.9 cm³/mol. The van der Waals surface area contributed by atoms with E-state index in [0.717, 1.165) is 0 Å². The van der Waals surface area contributed by atoms with Crippen molar-refractivity contribution in [2.24, 2.45) is 5.92 Å². The van der Waals surface area contributed by atoms with Crippen molar-refractivity contribution in [1.29, 1.82) is 0 Å². The van der Waals surface area contributed by atoms with Crippen molar-refractivity contribution in [3.63, 3.8) is 0 Å². The van der Waals surface area contributed by atoms with Gasteiger partial charge in [-0.25, -0.2) is 0 Å². The third-order valence-electron chi connectivity index (χ3n) is 2.63. The van der Waals surface area contributed by atoms with E-state index in [9.17, 15) is 9.00 Å². The molecule has 0 bridgehead atoms. The van der Waals surface area contributed by atoms with Gasteiger partial charge >= 0.3 is 0 Å². The van der Waals surface area contributed by atoms with E-state index in [1.54, 1.807) is 6.26 Å². The Labute approximate surface area is 93.9 Å². The summed E-state index contributed by atoms with van der Waals surface area (Å²) in [7, 11) is -0.856. The average molecular weight is 232 g/mol. The Bertz CT molecular complexity index is 268. The second-order valence-corrected chi connectivity index (χ2v) is 5.94. The molecular weight excluding hydrogens is 212 g/mol. The number of nitrogens with zero attached hydrogens (tertiary/aromatic N) is 1. The maximum Gasteiger partial charge on any atom is 0.238 e. The van der Waals surface area contributed by atoms with E-state index in [4.69, 9.17) is 0 Å². The van der Waals surface area contributed by atoms with E-state index in [1.165, 1.54) is 0 Å². The van der Waals surface area contributed by atoms with Gasteiger partial charge in [0.2, 0.25) is 5.91 Å². The highest BCUT2D eigenvalue weighted by molar-refractivity contribution is 7.84. The van der Waals surface area contributed by atoms with Crippen LogP contribution in [-0.4, -0.2) is 45.8 Å². The van der Waals surface area contributed by atoms with Crippen LogP contribution in [0.3, 0.4) is 0 Å². The lowest BCUT2D eigenvalue weighted by Gasteiger charge is -2.32. The Morgan fingerprint density at radius 3 is 2.60 bits per heavy atom. The summed E-state index contributed by atoms with van der Waals surface area (Å²) < 4.78 is 11.1. The normalized spacial score (nSPS) is 26.1. The van der Waals surface area contributed by atoms with Crippen molar-refractivity contribution >= 4 is 16.7 Å². The monoisotopic (exact) mass is 232 g/mol. The van der Waals surface area contributed by atoms with Crippen LogP contribution in [0.15, 0.2) is 0 Å². The van der Waals surface area contributed by atoms with Gasteiger partial charge in [-0.05, 0) is 12.8 Å². The quantitative estimate of drug-likeness (QED) is 0.751. The highest BCUT2D eigenvalue weighted by Gasteiger charge is 2.35. The SMILES string of the molecule is CC(C)C1NCC(=O)N1C(C)CS(C)=O. The minimum atomic E-state index is -0.856. The molecule has 0 aromatic heterocycles. The number of hydrogen-bond donors (Lipinski definition) is 1. The van der Waals surface area contributed by atoms with Gasteiger partial charge in [-0.3, -0.25) is 14.3 Å². The van der Waals surface area contributed by atoms with Crippen molar-refractivity contribution in [3.05, 3.63) is 0 Å². The third kappa shape index (κ3) is 3.01. The molecule has 1 aliphatic rings. The van der Waals surface area contributed by atoms with Gasteiger partial charge in [-0.2, -0.15) is 0 Å². The summed E-state index contributed by atoms with van der Waals surface area (Å²) in [6, 6.07) is 0.0470. The van der Waals surface area contributed by atoms with E-state index in [1.807, 2.05) is 11.8 Å². The van der Waals surface area contributed by atoms with Gasteiger partial charge in [0.05, 0.1) is 12.7 Å². The summed E-state index contributed by atoms with van der Waals surface area (Å²) in [5.74, 6) is 1.05. The van der Waals surface area contributed by atoms with Crippen molar-refractivity contribution < 1.29 is 9.00 Å². The van der Waals surface area contributed by atoms with Crippen LogP contribution in [0.1, 0.15) is 20.8 Å². The summed E-state index contributed by atoms with van der Waals surface area (Å²) >= 11 is 0. The molecule has 88 valence electrons. The summed E-state index contributed by atoms with van der Waals surface area (Å²) in [6.45, 7) is 6.53. The van der Waals surface area contributed by atoms with E-state index in [-0.39, 0.29) is 18.1 Å². The third-order valence-corrected chi connectivity index (χ3v) is 3.58. The van der Waals surface area contributed by atoms with Crippen LogP contribution in [0.2, 0.25) is 0 Å². The smallest absolute Gasteiger partial charge is 0.238 e. The van der Waals surface area contributed by atoms with Gasteiger partial charge < -0.3 is 4.90 Å². The Morgan fingerprint density at radius 2 is 2.13 bits per heavy atom. The highest BCUT2D eigenvalue weighted by Crippen LogP contribution is 2.17. The number of amides is 1. The average Bonchev–Trinajstić information content (AvgIpc) is 2.45. The molecule has 0 radical (unpaired) electrons. The summed E-state index contributed by atoms with van der Waals surface area (Å²) in [6.07, 6.45) is 1.77. The minimum absolute atomic E-state index is 0.0470. The first-order chi connectivity index (χ1) is 6.93. The number of nitrogens with one attached hydrogen (secondary N) is 1. The Balaban J connectivity index is 2.71. The lowest BCUT2D eigenvalue weighted by atomic mass is 10.1. The molecule has 4 nitrogen and oxygen atoms in total. The van der Waals surface area contributed by atoms with E-state index in [2.05, 4.69) is 19.2 Å². The number of rotatable bonds is 4. The van der Waals surface area contributed by atoms with Crippen LogP contribution in [0.5, 0.6) is 0 Å². The molecule has 5 heteroatoms. The van der Waals surface area contributed by atoms with Crippen molar-refractivity contribution in [2.45, 2.75) is 33.0 Å². The van der Waals surface area contributed by atoms with Crippen molar-refractivity contribution in [2.75, 3.05) is 18.6 Å². The van der Waals surface area contributed by atoms with Crippen LogP contribution < -0.4 is 5.32 Å². The zero-order valence-corrected chi connectivity index (χ0v) is 10.6. The fraction of sp³-hybridized carbons (Fsp3) is 0.900. The Morgan fingerprint density at radius 1 is 1.53 bits per heavy atom. The molecule has 1 fully saturated rings. The van der Waals surface area contributed by atoms with Gasteiger partial charge in [0.25, 0.3) is 0 Å². The van der Waals surface area contributed by atoms with E-state index in [0.29, 0.717) is 18.2 Å². The maximum absolute atomic E-state index is 11.7. The molecule has 1 rings (SSSR count). The van der Waals surface area contributed by atoms with Crippen molar-refractivity contribution in [1.82, 2.24) is 10.2 Å². The number of hydrogen-bond acceptors (Lipinski definition) is 3. The molecule has 15 heavy (non-hydrogen) atoms. The molecule has 3 unspecified atom stereocenters. The summed E-state index contributed by atoms with van der Waals surface area (Å²) in [5.41, 5.74) is 0. The molecule has 0 saturated carbocycles. The molecule has 0 spiro atoms. The second-order valence-electron chi connectivity index (χ2n) is 4.46. The lowest BCUT2D eigenvalue weighted by molar-refractivity contribution is -0.130. The minimum Gasteiger partial charge on any atom is -0.322 e. The first-order valence-electron chi connectivity index (χ1n) is 5.28. The van der Waals surface area contributed by atoms with E-state index < -0.39 is 10.8 Å². The number of carbonyl (C=O) groups excluding carboxylic acids is 1. The lowest BCUT2D eigenvalue weighted by Crippen LogP contribution is -2.48. The van der Waals surface area contributed by atoms with Crippen LogP contribution in [0.25, 0.3) is 0 Å².